The van der Waals surface area contributed by atoms with E-state index in [0.717, 1.165) is 28.4 Å². The zero-order chi connectivity index (χ0) is 26.5. The number of amides is 1. The lowest BCUT2D eigenvalue weighted by atomic mass is 9.86. The normalized spacial score (nSPS) is 20.5. The first-order chi connectivity index (χ1) is 18.5. The van der Waals surface area contributed by atoms with Crippen molar-refractivity contribution < 1.29 is 19.4 Å². The Hall–Kier alpha value is -3.20. The molecule has 0 bridgehead atoms. The summed E-state index contributed by atoms with van der Waals surface area (Å²) in [7, 11) is 0. The first-order valence-electron chi connectivity index (χ1n) is 12.9. The van der Waals surface area contributed by atoms with Crippen molar-refractivity contribution in [3.8, 4) is 5.75 Å². The van der Waals surface area contributed by atoms with Gasteiger partial charge in [0.15, 0.2) is 5.54 Å². The number of aliphatic hydroxyl groups excluding tert-OH is 1. The summed E-state index contributed by atoms with van der Waals surface area (Å²) >= 11 is 3.49. The number of carbonyl (C=O) groups excluding carboxylic acids is 1. The van der Waals surface area contributed by atoms with Crippen molar-refractivity contribution in [1.82, 2.24) is 10.9 Å². The first-order valence-corrected chi connectivity index (χ1v) is 13.7. The van der Waals surface area contributed by atoms with Crippen LogP contribution in [-0.2, 0) is 28.8 Å². The number of rotatable bonds is 10. The number of benzene rings is 3. The smallest absolute Gasteiger partial charge is 0.266 e. The molecule has 3 aromatic carbocycles. The van der Waals surface area contributed by atoms with E-state index in [0.29, 0.717) is 31.1 Å². The monoisotopic (exact) mass is 577 g/mol. The fourth-order valence-electron chi connectivity index (χ4n) is 4.99. The highest BCUT2D eigenvalue weighted by Gasteiger charge is 2.50. The van der Waals surface area contributed by atoms with Crippen LogP contribution in [0.5, 0.6) is 5.75 Å². The molecular formula is C30H32BrN3O4. The molecular weight excluding hydrogens is 546 g/mol. The van der Waals surface area contributed by atoms with Gasteiger partial charge in [0.05, 0.1) is 6.61 Å². The maximum absolute atomic E-state index is 13.8. The number of carbonyl (C=O) groups is 1. The van der Waals surface area contributed by atoms with E-state index in [1.165, 1.54) is 11.1 Å². The molecule has 7 nitrogen and oxygen atoms in total. The molecule has 0 saturated heterocycles. The fourth-order valence-corrected chi connectivity index (χ4v) is 5.26. The summed E-state index contributed by atoms with van der Waals surface area (Å²) in [4.78, 5) is 18.8. The summed E-state index contributed by atoms with van der Waals surface area (Å²) in [5, 5.41) is 8.96. The number of aliphatic hydroxyl groups is 1. The second kappa shape index (κ2) is 11.7. The summed E-state index contributed by atoms with van der Waals surface area (Å²) < 4.78 is 12.8. The molecule has 2 aliphatic rings. The highest BCUT2D eigenvalue weighted by atomic mass is 79.9. The Bertz CT molecular complexity index is 1270. The molecule has 3 N–H and O–H groups in total. The van der Waals surface area contributed by atoms with Crippen LogP contribution in [0.3, 0.4) is 0 Å². The molecule has 0 saturated carbocycles. The Kier molecular flexibility index (Phi) is 8.12. The van der Waals surface area contributed by atoms with Crippen LogP contribution in [0.1, 0.15) is 35.6 Å². The lowest BCUT2D eigenvalue weighted by Crippen LogP contribution is -2.57. The van der Waals surface area contributed by atoms with Crippen molar-refractivity contribution in [3.05, 3.63) is 99.5 Å². The zero-order valence-corrected chi connectivity index (χ0v) is 22.9. The highest BCUT2D eigenvalue weighted by molar-refractivity contribution is 9.10. The Morgan fingerprint density at radius 3 is 2.42 bits per heavy atom. The first kappa shape index (κ1) is 26.4. The zero-order valence-electron chi connectivity index (χ0n) is 21.3. The van der Waals surface area contributed by atoms with Gasteiger partial charge >= 0.3 is 0 Å². The highest BCUT2D eigenvalue weighted by Crippen LogP contribution is 2.33. The van der Waals surface area contributed by atoms with Crippen LogP contribution < -0.4 is 15.6 Å². The predicted octanol–water partition coefficient (Wildman–Crippen LogP) is 4.15. The van der Waals surface area contributed by atoms with E-state index >= 15 is 0 Å². The van der Waals surface area contributed by atoms with Gasteiger partial charge in [-0.15, -0.1) is 0 Å². The van der Waals surface area contributed by atoms with E-state index in [-0.39, 0.29) is 18.6 Å². The van der Waals surface area contributed by atoms with Crippen LogP contribution in [0.15, 0.2) is 82.3 Å². The lowest BCUT2D eigenvalue weighted by Gasteiger charge is -2.29. The number of fused-ring (bicyclic) bond motifs is 1. The van der Waals surface area contributed by atoms with Crippen molar-refractivity contribution >= 4 is 27.7 Å². The van der Waals surface area contributed by atoms with Gasteiger partial charge in [-0.2, -0.15) is 0 Å². The predicted molar refractivity (Wildman–Crippen MR) is 150 cm³/mol. The number of aliphatic imine (C=N–C) groups is 1. The molecule has 8 heteroatoms. The SMILES string of the molecule is C[C@@H]1OC(c2ccc(OCCCO)cc2)=N[C@]1(Cc1ccc(Br)cc1)C(=O)NNC1Cc2ccccc2C1. The van der Waals surface area contributed by atoms with E-state index in [4.69, 9.17) is 19.6 Å². The topological polar surface area (TPSA) is 92.2 Å². The third-order valence-electron chi connectivity index (χ3n) is 7.16. The van der Waals surface area contributed by atoms with E-state index in [1.54, 1.807) is 0 Å². The summed E-state index contributed by atoms with van der Waals surface area (Å²) in [6.07, 6.45) is 2.21. The van der Waals surface area contributed by atoms with Crippen LogP contribution in [-0.4, -0.2) is 47.8 Å². The van der Waals surface area contributed by atoms with Gasteiger partial charge in [-0.25, -0.2) is 10.4 Å². The van der Waals surface area contributed by atoms with Crippen LogP contribution in [0.4, 0.5) is 0 Å². The third-order valence-corrected chi connectivity index (χ3v) is 7.68. The molecule has 1 amide bonds. The molecule has 2 atom stereocenters. The van der Waals surface area contributed by atoms with Gasteiger partial charge in [-0.05, 0) is 72.9 Å². The van der Waals surface area contributed by atoms with Gasteiger partial charge < -0.3 is 14.6 Å². The van der Waals surface area contributed by atoms with Crippen LogP contribution in [0, 0.1) is 0 Å². The average molecular weight is 579 g/mol. The van der Waals surface area contributed by atoms with Crippen LogP contribution in [0.2, 0.25) is 0 Å². The van der Waals surface area contributed by atoms with Crippen molar-refractivity contribution in [2.45, 2.75) is 50.3 Å². The number of halogens is 1. The van der Waals surface area contributed by atoms with Crippen molar-refractivity contribution in [1.29, 1.82) is 0 Å². The lowest BCUT2D eigenvalue weighted by molar-refractivity contribution is -0.129. The van der Waals surface area contributed by atoms with Crippen LogP contribution >= 0.6 is 15.9 Å². The molecule has 0 unspecified atom stereocenters. The summed E-state index contributed by atoms with van der Waals surface area (Å²) in [5.74, 6) is 0.914. The number of hydrazine groups is 1. The number of ether oxygens (including phenoxy) is 2. The van der Waals surface area contributed by atoms with E-state index in [9.17, 15) is 4.79 Å². The van der Waals surface area contributed by atoms with Gasteiger partial charge in [0.25, 0.3) is 5.91 Å². The van der Waals surface area contributed by atoms with E-state index in [2.05, 4.69) is 51.0 Å². The molecule has 1 aliphatic carbocycles. The van der Waals surface area contributed by atoms with Gasteiger partial charge in [0.1, 0.15) is 11.9 Å². The van der Waals surface area contributed by atoms with Crippen molar-refractivity contribution in [3.63, 3.8) is 0 Å². The Morgan fingerprint density at radius 1 is 1.08 bits per heavy atom. The van der Waals surface area contributed by atoms with E-state index < -0.39 is 11.6 Å². The minimum atomic E-state index is -1.14. The second-order valence-electron chi connectivity index (χ2n) is 9.83. The summed E-state index contributed by atoms with van der Waals surface area (Å²) in [5.41, 5.74) is 9.50. The molecule has 5 rings (SSSR count). The Labute approximate surface area is 231 Å². The molecule has 0 aromatic heterocycles. The number of hydrogen-bond donors (Lipinski definition) is 3. The van der Waals surface area contributed by atoms with Gasteiger partial charge in [0.2, 0.25) is 5.90 Å². The largest absolute Gasteiger partial charge is 0.494 e. The number of hydrogen-bond acceptors (Lipinski definition) is 6. The number of nitrogens with zero attached hydrogens (tertiary/aromatic N) is 1. The molecule has 3 aromatic rings. The molecule has 38 heavy (non-hydrogen) atoms. The van der Waals surface area contributed by atoms with Gasteiger partial charge in [0, 0.05) is 35.5 Å². The van der Waals surface area contributed by atoms with E-state index in [1.807, 2.05) is 55.5 Å². The molecule has 1 aliphatic heterocycles. The standard InChI is InChI=1S/C30H32BrN3O4/c1-20-30(19-21-7-11-25(31)12-8-21,29(36)34-33-26-17-23-5-2-3-6-24(23)18-26)32-28(38-20)22-9-13-27(14-10-22)37-16-4-15-35/h2-3,5-14,20,26,33,35H,4,15-19H2,1H3,(H,34,36)/t20-,30-/m0/s1. The van der Waals surface area contributed by atoms with Crippen LogP contribution in [0.25, 0.3) is 0 Å². The summed E-state index contributed by atoms with van der Waals surface area (Å²) in [6.45, 7) is 2.43. The molecule has 0 radical (unpaired) electrons. The number of nitrogens with one attached hydrogen (secondary N) is 2. The third kappa shape index (κ3) is 5.77. The molecule has 1 heterocycles. The Morgan fingerprint density at radius 2 is 1.76 bits per heavy atom. The van der Waals surface area contributed by atoms with Crippen molar-refractivity contribution in [2.24, 2.45) is 4.99 Å². The molecule has 0 spiro atoms. The minimum absolute atomic E-state index is 0.0890. The fraction of sp³-hybridized carbons (Fsp3) is 0.333. The maximum atomic E-state index is 13.8. The maximum Gasteiger partial charge on any atom is 0.266 e. The van der Waals surface area contributed by atoms with Gasteiger partial charge in [-0.3, -0.25) is 10.2 Å². The van der Waals surface area contributed by atoms with Gasteiger partial charge in [-0.1, -0.05) is 52.3 Å². The second-order valence-corrected chi connectivity index (χ2v) is 10.7. The average Bonchev–Trinajstić information content (AvgIpc) is 3.50. The molecule has 198 valence electrons. The van der Waals surface area contributed by atoms with Crippen molar-refractivity contribution in [2.75, 3.05) is 13.2 Å². The molecule has 0 fully saturated rings. The Balaban J connectivity index is 1.36. The quantitative estimate of drug-likeness (QED) is 0.249. The summed E-state index contributed by atoms with van der Waals surface area (Å²) in [6, 6.07) is 23.9. The minimum Gasteiger partial charge on any atom is -0.494 e.